The van der Waals surface area contributed by atoms with E-state index in [1.54, 1.807) is 6.92 Å². The van der Waals surface area contributed by atoms with Gasteiger partial charge in [-0.2, -0.15) is 0 Å². The number of rotatable bonds is 1. The van der Waals surface area contributed by atoms with Gasteiger partial charge in [0.15, 0.2) is 0 Å². The van der Waals surface area contributed by atoms with Gasteiger partial charge in [-0.25, -0.2) is 0 Å². The molecule has 3 rings (SSSR count). The fraction of sp³-hybridized carbons (Fsp3) is 0.533. The summed E-state index contributed by atoms with van der Waals surface area (Å²) in [5.41, 5.74) is 1.76. The molecule has 2 aliphatic rings. The van der Waals surface area contributed by atoms with Crippen molar-refractivity contribution in [2.45, 2.75) is 38.3 Å². The van der Waals surface area contributed by atoms with Crippen molar-refractivity contribution in [1.82, 2.24) is 5.32 Å². The van der Waals surface area contributed by atoms with Crippen LogP contribution < -0.4 is 10.1 Å². The van der Waals surface area contributed by atoms with Crippen molar-refractivity contribution in [3.8, 4) is 5.75 Å². The van der Waals surface area contributed by atoms with E-state index in [-0.39, 0.29) is 12.0 Å². The van der Waals surface area contributed by atoms with Crippen molar-refractivity contribution in [2.24, 2.45) is 0 Å². The first-order valence-electron chi connectivity index (χ1n) is 6.73. The van der Waals surface area contributed by atoms with E-state index in [9.17, 15) is 4.79 Å². The van der Waals surface area contributed by atoms with Crippen LogP contribution in [-0.4, -0.2) is 25.2 Å². The highest BCUT2D eigenvalue weighted by atomic mass is 16.5. The number of carbonyl (C=O) groups excluding carboxylic acids is 1. The van der Waals surface area contributed by atoms with Crippen LogP contribution in [0.15, 0.2) is 18.2 Å². The Hall–Kier alpha value is -1.55. The normalized spacial score (nSPS) is 29.3. The Bertz CT molecular complexity index is 526. The van der Waals surface area contributed by atoms with Crippen molar-refractivity contribution in [1.29, 1.82) is 0 Å². The number of fused-ring (bicyclic) bond motifs is 2. The molecule has 0 bridgehead atoms. The van der Waals surface area contributed by atoms with E-state index in [1.165, 1.54) is 5.56 Å². The van der Waals surface area contributed by atoms with Crippen LogP contribution in [-0.2, 0) is 15.1 Å². The molecule has 1 saturated heterocycles. The summed E-state index contributed by atoms with van der Waals surface area (Å²) in [6.45, 7) is 6.98. The van der Waals surface area contributed by atoms with Crippen LogP contribution in [0.2, 0.25) is 0 Å². The average molecular weight is 261 g/mol. The van der Waals surface area contributed by atoms with Crippen molar-refractivity contribution in [3.63, 3.8) is 0 Å². The molecule has 102 valence electrons. The van der Waals surface area contributed by atoms with Crippen LogP contribution in [0, 0.1) is 0 Å². The predicted octanol–water partition coefficient (Wildman–Crippen LogP) is 1.93. The van der Waals surface area contributed by atoms with Crippen LogP contribution in [0.3, 0.4) is 0 Å². The summed E-state index contributed by atoms with van der Waals surface area (Å²) in [4.78, 5) is 11.8. The van der Waals surface area contributed by atoms with Crippen LogP contribution in [0.4, 0.5) is 0 Å². The Morgan fingerprint density at radius 3 is 2.84 bits per heavy atom. The van der Waals surface area contributed by atoms with Gasteiger partial charge < -0.3 is 14.8 Å². The number of carbonyl (C=O) groups is 1. The van der Waals surface area contributed by atoms with Crippen molar-refractivity contribution in [2.75, 3.05) is 13.2 Å². The molecule has 2 unspecified atom stereocenters. The minimum Gasteiger partial charge on any atom is -0.490 e. The van der Waals surface area contributed by atoms with Gasteiger partial charge in [-0.05, 0) is 24.5 Å². The number of nitrogens with one attached hydrogen (secondary N) is 1. The third kappa shape index (κ3) is 1.91. The standard InChI is InChI=1S/C15H19NO3/c1-9(2)11-4-5-12-13(6-11)19-8-15(12)7-18-10(3)14(17)16-15/h4-6,9-10H,7-8H2,1-3H3,(H,16,17). The molecule has 1 fully saturated rings. The van der Waals surface area contributed by atoms with Crippen LogP contribution in [0.25, 0.3) is 0 Å². The van der Waals surface area contributed by atoms with Crippen LogP contribution in [0.1, 0.15) is 37.8 Å². The lowest BCUT2D eigenvalue weighted by Gasteiger charge is -2.35. The molecule has 2 atom stereocenters. The third-order valence-corrected chi connectivity index (χ3v) is 3.97. The first-order chi connectivity index (χ1) is 9.02. The van der Waals surface area contributed by atoms with Gasteiger partial charge in [-0.3, -0.25) is 4.79 Å². The first-order valence-corrected chi connectivity index (χ1v) is 6.73. The Kier molecular flexibility index (Phi) is 2.78. The molecule has 0 saturated carbocycles. The lowest BCUT2D eigenvalue weighted by molar-refractivity contribution is -0.145. The fourth-order valence-corrected chi connectivity index (χ4v) is 2.63. The Morgan fingerprint density at radius 2 is 2.16 bits per heavy atom. The van der Waals surface area contributed by atoms with E-state index in [0.29, 0.717) is 19.1 Å². The van der Waals surface area contributed by atoms with Gasteiger partial charge in [-0.1, -0.05) is 26.0 Å². The highest BCUT2D eigenvalue weighted by molar-refractivity contribution is 5.82. The summed E-state index contributed by atoms with van der Waals surface area (Å²) in [5.74, 6) is 1.25. The molecule has 2 heterocycles. The van der Waals surface area contributed by atoms with Gasteiger partial charge in [0.25, 0.3) is 0 Å². The number of morpholine rings is 1. The molecule has 0 aliphatic carbocycles. The zero-order valence-corrected chi connectivity index (χ0v) is 11.5. The molecule has 0 aromatic heterocycles. The Labute approximate surface area is 113 Å². The molecule has 19 heavy (non-hydrogen) atoms. The number of benzene rings is 1. The highest BCUT2D eigenvalue weighted by Gasteiger charge is 2.46. The molecule has 1 amide bonds. The van der Waals surface area contributed by atoms with E-state index >= 15 is 0 Å². The van der Waals surface area contributed by atoms with Crippen LogP contribution in [0.5, 0.6) is 5.75 Å². The topological polar surface area (TPSA) is 47.6 Å². The summed E-state index contributed by atoms with van der Waals surface area (Å²) in [6.07, 6.45) is -0.385. The summed E-state index contributed by atoms with van der Waals surface area (Å²) in [7, 11) is 0. The van der Waals surface area contributed by atoms with Crippen molar-refractivity contribution >= 4 is 5.91 Å². The van der Waals surface area contributed by atoms with Crippen molar-refractivity contribution in [3.05, 3.63) is 29.3 Å². The highest BCUT2D eigenvalue weighted by Crippen LogP contribution is 2.40. The quantitative estimate of drug-likeness (QED) is 0.840. The molecule has 4 heteroatoms. The number of ether oxygens (including phenoxy) is 2. The fourth-order valence-electron chi connectivity index (χ4n) is 2.63. The Balaban J connectivity index is 1.96. The van der Waals surface area contributed by atoms with Gasteiger partial charge in [0.2, 0.25) is 5.91 Å². The maximum Gasteiger partial charge on any atom is 0.249 e. The summed E-state index contributed by atoms with van der Waals surface area (Å²) >= 11 is 0. The largest absolute Gasteiger partial charge is 0.490 e. The summed E-state index contributed by atoms with van der Waals surface area (Å²) in [5, 5.41) is 3.06. The monoisotopic (exact) mass is 261 g/mol. The minimum absolute atomic E-state index is 0.0735. The van der Waals surface area contributed by atoms with E-state index in [4.69, 9.17) is 9.47 Å². The van der Waals surface area contributed by atoms with E-state index in [0.717, 1.165) is 11.3 Å². The minimum atomic E-state index is -0.506. The zero-order chi connectivity index (χ0) is 13.6. The van der Waals surface area contributed by atoms with E-state index in [2.05, 4.69) is 37.4 Å². The van der Waals surface area contributed by atoms with Gasteiger partial charge in [0.05, 0.1) is 6.61 Å². The van der Waals surface area contributed by atoms with Gasteiger partial charge in [0.1, 0.15) is 24.0 Å². The van der Waals surface area contributed by atoms with Gasteiger partial charge in [0, 0.05) is 5.56 Å². The maximum atomic E-state index is 11.8. The molecule has 1 aromatic carbocycles. The smallest absolute Gasteiger partial charge is 0.249 e. The average Bonchev–Trinajstić information content (AvgIpc) is 2.73. The number of hydrogen-bond acceptors (Lipinski definition) is 3. The molecular weight excluding hydrogens is 242 g/mol. The lowest BCUT2D eigenvalue weighted by atomic mass is 9.89. The van der Waals surface area contributed by atoms with Crippen LogP contribution >= 0.6 is 0 Å². The van der Waals surface area contributed by atoms with Gasteiger partial charge in [-0.15, -0.1) is 0 Å². The molecule has 1 spiro atoms. The molecule has 4 nitrogen and oxygen atoms in total. The second-order valence-corrected chi connectivity index (χ2v) is 5.72. The second kappa shape index (κ2) is 4.23. The molecular formula is C15H19NO3. The number of amides is 1. The maximum absolute atomic E-state index is 11.8. The SMILES string of the molecule is CC1OCC2(COc3cc(C(C)C)ccc32)NC1=O. The lowest BCUT2D eigenvalue weighted by Crippen LogP contribution is -2.58. The van der Waals surface area contributed by atoms with Gasteiger partial charge >= 0.3 is 0 Å². The van der Waals surface area contributed by atoms with E-state index < -0.39 is 5.54 Å². The summed E-state index contributed by atoms with van der Waals surface area (Å²) < 4.78 is 11.3. The molecule has 1 aromatic rings. The second-order valence-electron chi connectivity index (χ2n) is 5.72. The zero-order valence-electron chi connectivity index (χ0n) is 11.5. The van der Waals surface area contributed by atoms with E-state index in [1.807, 2.05) is 0 Å². The Morgan fingerprint density at radius 1 is 1.37 bits per heavy atom. The molecule has 0 radical (unpaired) electrons. The summed E-state index contributed by atoms with van der Waals surface area (Å²) in [6, 6.07) is 6.22. The third-order valence-electron chi connectivity index (χ3n) is 3.97. The first kappa shape index (κ1) is 12.5. The molecule has 1 N–H and O–H groups in total. The number of hydrogen-bond donors (Lipinski definition) is 1. The molecule has 2 aliphatic heterocycles. The predicted molar refractivity (Wildman–Crippen MR) is 71.3 cm³/mol. The van der Waals surface area contributed by atoms with Crippen molar-refractivity contribution < 1.29 is 14.3 Å².